The topological polar surface area (TPSA) is 73.2 Å². The second-order valence-corrected chi connectivity index (χ2v) is 6.79. The average molecular weight is 398 g/mol. The van der Waals surface area contributed by atoms with Crippen LogP contribution < -0.4 is 10.1 Å². The Morgan fingerprint density at radius 1 is 1.11 bits per heavy atom. The zero-order valence-electron chi connectivity index (χ0n) is 16.0. The van der Waals surface area contributed by atoms with Crippen molar-refractivity contribution in [3.63, 3.8) is 0 Å². The number of anilines is 1. The highest BCUT2D eigenvalue weighted by Gasteiger charge is 2.26. The van der Waals surface area contributed by atoms with Gasteiger partial charge in [0.2, 0.25) is 0 Å². The third-order valence-electron chi connectivity index (χ3n) is 4.45. The minimum absolute atomic E-state index is 0.283. The molecule has 0 bridgehead atoms. The molecule has 0 atom stereocenters. The van der Waals surface area contributed by atoms with E-state index in [1.807, 2.05) is 30.3 Å². The van der Waals surface area contributed by atoms with Gasteiger partial charge in [-0.2, -0.15) is 5.10 Å². The van der Waals surface area contributed by atoms with Crippen LogP contribution in [0.15, 0.2) is 42.5 Å². The first kappa shape index (κ1) is 19.6. The molecule has 0 spiro atoms. The van der Waals surface area contributed by atoms with E-state index in [4.69, 9.17) is 16.3 Å². The van der Waals surface area contributed by atoms with Gasteiger partial charge in [0.1, 0.15) is 5.75 Å². The fourth-order valence-electron chi connectivity index (χ4n) is 3.01. The maximum atomic E-state index is 12.9. The summed E-state index contributed by atoms with van der Waals surface area (Å²) in [5, 5.41) is 7.56. The summed E-state index contributed by atoms with van der Waals surface area (Å²) < 4.78 is 6.91. The van der Waals surface area contributed by atoms with Crippen LogP contribution in [0.5, 0.6) is 5.75 Å². The molecule has 1 N–H and O–H groups in total. The highest BCUT2D eigenvalue weighted by atomic mass is 35.5. The normalized spacial score (nSPS) is 10.6. The number of methoxy groups -OCH3 is 1. The van der Waals surface area contributed by atoms with Crippen molar-refractivity contribution in [3.8, 4) is 11.4 Å². The lowest BCUT2D eigenvalue weighted by Crippen LogP contribution is -2.24. The number of nitrogens with zero attached hydrogens (tertiary/aromatic N) is 2. The van der Waals surface area contributed by atoms with Crippen molar-refractivity contribution in [1.29, 1.82) is 0 Å². The Labute approximate surface area is 168 Å². The van der Waals surface area contributed by atoms with Crippen molar-refractivity contribution in [3.05, 3.63) is 70.0 Å². The highest BCUT2D eigenvalue weighted by molar-refractivity contribution is 6.47. The van der Waals surface area contributed by atoms with Crippen LogP contribution in [-0.2, 0) is 4.79 Å². The zero-order valence-corrected chi connectivity index (χ0v) is 16.8. The Bertz CT molecular complexity index is 1060. The predicted molar refractivity (Wildman–Crippen MR) is 109 cm³/mol. The highest BCUT2D eigenvalue weighted by Crippen LogP contribution is 2.31. The van der Waals surface area contributed by atoms with Crippen molar-refractivity contribution in [2.24, 2.45) is 0 Å². The molecular weight excluding hydrogens is 378 g/mol. The van der Waals surface area contributed by atoms with Crippen molar-refractivity contribution in [2.45, 2.75) is 20.8 Å². The summed E-state index contributed by atoms with van der Waals surface area (Å²) in [5.74, 6) is -1.05. The number of hydrogen-bond acceptors (Lipinski definition) is 4. The molecule has 0 unspecified atom stereocenters. The Kier molecular flexibility index (Phi) is 5.51. The van der Waals surface area contributed by atoms with Crippen LogP contribution in [0.2, 0.25) is 5.02 Å². The summed E-state index contributed by atoms with van der Waals surface area (Å²) in [6.07, 6.45) is 0. The number of carbonyl (C=O) groups is 2. The molecule has 3 rings (SSSR count). The van der Waals surface area contributed by atoms with E-state index in [-0.39, 0.29) is 5.56 Å². The Morgan fingerprint density at radius 3 is 2.43 bits per heavy atom. The first-order valence-corrected chi connectivity index (χ1v) is 9.02. The van der Waals surface area contributed by atoms with Gasteiger partial charge in [-0.15, -0.1) is 0 Å². The molecule has 0 saturated heterocycles. The van der Waals surface area contributed by atoms with E-state index < -0.39 is 11.7 Å². The first-order chi connectivity index (χ1) is 13.3. The van der Waals surface area contributed by atoms with Gasteiger partial charge in [0.05, 0.1) is 35.4 Å². The van der Waals surface area contributed by atoms with E-state index in [1.165, 1.54) is 7.11 Å². The number of Topliss-reactive ketones (excluding diaryl/α,β-unsaturated/α-hetero) is 1. The molecule has 1 aromatic heterocycles. The average Bonchev–Trinajstić information content (AvgIpc) is 2.98. The molecule has 0 fully saturated rings. The summed E-state index contributed by atoms with van der Waals surface area (Å²) >= 11 is 6.09. The number of aryl methyl sites for hydroxylation is 2. The quantitative estimate of drug-likeness (QED) is 0.515. The van der Waals surface area contributed by atoms with Crippen LogP contribution in [0.1, 0.15) is 27.3 Å². The van der Waals surface area contributed by atoms with Gasteiger partial charge in [-0.1, -0.05) is 29.8 Å². The third kappa shape index (κ3) is 3.64. The molecule has 0 saturated carbocycles. The van der Waals surface area contributed by atoms with Crippen LogP contribution in [0.3, 0.4) is 0 Å². The van der Waals surface area contributed by atoms with Gasteiger partial charge in [0, 0.05) is 11.1 Å². The molecule has 0 aliphatic rings. The van der Waals surface area contributed by atoms with Crippen molar-refractivity contribution in [1.82, 2.24) is 9.78 Å². The maximum Gasteiger partial charge on any atom is 0.297 e. The molecule has 28 heavy (non-hydrogen) atoms. The predicted octanol–water partition coefficient (Wildman–Crippen LogP) is 4.28. The molecule has 0 aliphatic carbocycles. The van der Waals surface area contributed by atoms with Crippen LogP contribution in [0.4, 0.5) is 5.69 Å². The molecule has 144 valence electrons. The monoisotopic (exact) mass is 397 g/mol. The summed E-state index contributed by atoms with van der Waals surface area (Å²) in [4.78, 5) is 25.5. The number of carbonyl (C=O) groups excluding carboxylic acids is 2. The lowest BCUT2D eigenvalue weighted by molar-refractivity contribution is -0.112. The van der Waals surface area contributed by atoms with E-state index >= 15 is 0 Å². The van der Waals surface area contributed by atoms with Gasteiger partial charge in [-0.3, -0.25) is 9.59 Å². The van der Waals surface area contributed by atoms with Gasteiger partial charge < -0.3 is 10.1 Å². The summed E-state index contributed by atoms with van der Waals surface area (Å²) in [7, 11) is 1.47. The Morgan fingerprint density at radius 2 is 1.79 bits per heavy atom. The van der Waals surface area contributed by atoms with E-state index in [0.717, 1.165) is 11.3 Å². The van der Waals surface area contributed by atoms with Gasteiger partial charge in [-0.05, 0) is 44.5 Å². The minimum atomic E-state index is -0.765. The van der Waals surface area contributed by atoms with E-state index in [0.29, 0.717) is 27.8 Å². The molecular formula is C21H20ClN3O3. The molecule has 1 heterocycles. The van der Waals surface area contributed by atoms with Gasteiger partial charge in [-0.25, -0.2) is 4.68 Å². The number of nitrogens with one attached hydrogen (secondary N) is 1. The second-order valence-electron chi connectivity index (χ2n) is 6.38. The SMILES string of the molecule is COc1cc(Cl)c(C)cc1NC(=O)C(=O)c1c(C)nn(-c2ccccc2)c1C. The lowest BCUT2D eigenvalue weighted by Gasteiger charge is -2.12. The Hall–Kier alpha value is -3.12. The van der Waals surface area contributed by atoms with Crippen molar-refractivity contribution < 1.29 is 14.3 Å². The van der Waals surface area contributed by atoms with Crippen LogP contribution >= 0.6 is 11.6 Å². The minimum Gasteiger partial charge on any atom is -0.495 e. The molecule has 0 radical (unpaired) electrons. The standard InChI is InChI=1S/C21H20ClN3O3/c1-12-10-17(18(28-4)11-16(12)22)23-21(27)20(26)19-13(2)24-25(14(19)3)15-8-6-5-7-9-15/h5-11H,1-4H3,(H,23,27). The van der Waals surface area contributed by atoms with E-state index in [1.54, 1.807) is 37.6 Å². The molecule has 3 aromatic rings. The largest absolute Gasteiger partial charge is 0.495 e. The van der Waals surface area contributed by atoms with E-state index in [9.17, 15) is 9.59 Å². The number of ketones is 1. The molecule has 0 aliphatic heterocycles. The molecule has 7 heteroatoms. The third-order valence-corrected chi connectivity index (χ3v) is 4.86. The number of amides is 1. The molecule has 2 aromatic carbocycles. The number of hydrogen-bond donors (Lipinski definition) is 1. The fraction of sp³-hybridized carbons (Fsp3) is 0.190. The van der Waals surface area contributed by atoms with Gasteiger partial charge in [0.15, 0.2) is 0 Å². The van der Waals surface area contributed by atoms with Gasteiger partial charge in [0.25, 0.3) is 11.7 Å². The number of rotatable bonds is 5. The van der Waals surface area contributed by atoms with Crippen molar-refractivity contribution >= 4 is 29.0 Å². The summed E-state index contributed by atoms with van der Waals surface area (Å²) in [5.41, 5.74) is 3.33. The number of aromatic nitrogens is 2. The molecule has 1 amide bonds. The number of halogens is 1. The van der Waals surface area contributed by atoms with Crippen molar-refractivity contribution in [2.75, 3.05) is 12.4 Å². The van der Waals surface area contributed by atoms with Crippen LogP contribution in [-0.4, -0.2) is 28.6 Å². The van der Waals surface area contributed by atoms with E-state index in [2.05, 4.69) is 10.4 Å². The first-order valence-electron chi connectivity index (χ1n) is 8.65. The van der Waals surface area contributed by atoms with Crippen LogP contribution in [0, 0.1) is 20.8 Å². The summed E-state index contributed by atoms with van der Waals surface area (Å²) in [6.45, 7) is 5.28. The number of para-hydroxylation sites is 1. The molecule has 6 nitrogen and oxygen atoms in total. The van der Waals surface area contributed by atoms with Gasteiger partial charge >= 0.3 is 0 Å². The zero-order chi connectivity index (χ0) is 20.4. The maximum absolute atomic E-state index is 12.9. The number of ether oxygens (including phenoxy) is 1. The van der Waals surface area contributed by atoms with Crippen LogP contribution in [0.25, 0.3) is 5.69 Å². The fourth-order valence-corrected chi connectivity index (χ4v) is 3.17. The second kappa shape index (κ2) is 7.86. The number of benzene rings is 2. The lowest BCUT2D eigenvalue weighted by atomic mass is 10.1. The smallest absolute Gasteiger partial charge is 0.297 e. The Balaban J connectivity index is 1.92. The summed E-state index contributed by atoms with van der Waals surface area (Å²) in [6, 6.07) is 12.7.